The van der Waals surface area contributed by atoms with Crippen LogP contribution in [0.4, 0.5) is 0 Å². The normalized spacial score (nSPS) is 46.3. The second kappa shape index (κ2) is 3.49. The quantitative estimate of drug-likeness (QED) is 0.631. The Bertz CT molecular complexity index is 214. The molecule has 82 valence electrons. The lowest BCUT2D eigenvalue weighted by atomic mass is 9.77. The Hall–Kier alpha value is -0.0800. The van der Waals surface area contributed by atoms with E-state index in [9.17, 15) is 5.11 Å². The summed E-state index contributed by atoms with van der Waals surface area (Å²) in [6.45, 7) is 5.28. The standard InChI is InChI=1S/C12H24NO/c1-9-4-5-11-10(8-14)6-13(2,3)7-12(9)11/h9-12,14H,4-8H2,1-3H3/q+1/t9-,10-,11+,12+/m1/s1. The number of quaternary nitrogens is 1. The molecule has 4 atom stereocenters. The molecule has 0 spiro atoms. The molecule has 14 heavy (non-hydrogen) atoms. The van der Waals surface area contributed by atoms with E-state index in [1.807, 2.05) is 0 Å². The Kier molecular flexibility index (Phi) is 2.61. The van der Waals surface area contributed by atoms with E-state index in [0.717, 1.165) is 22.2 Å². The predicted molar refractivity (Wildman–Crippen MR) is 57.8 cm³/mol. The summed E-state index contributed by atoms with van der Waals surface area (Å²) in [5, 5.41) is 9.45. The van der Waals surface area contributed by atoms with Gasteiger partial charge in [0.2, 0.25) is 0 Å². The minimum absolute atomic E-state index is 0.398. The number of nitrogens with zero attached hydrogens (tertiary/aromatic N) is 1. The number of fused-ring (bicyclic) bond motifs is 1. The Balaban J connectivity index is 2.15. The number of hydrogen-bond acceptors (Lipinski definition) is 1. The molecule has 1 N–H and O–H groups in total. The third-order valence-corrected chi connectivity index (χ3v) is 4.51. The molecule has 0 amide bonds. The number of hydrogen-bond donors (Lipinski definition) is 1. The van der Waals surface area contributed by atoms with Crippen LogP contribution in [0.1, 0.15) is 19.8 Å². The summed E-state index contributed by atoms with van der Waals surface area (Å²) in [7, 11) is 4.62. The van der Waals surface area contributed by atoms with E-state index in [4.69, 9.17) is 0 Å². The van der Waals surface area contributed by atoms with Gasteiger partial charge in [0.05, 0.1) is 33.8 Å². The van der Waals surface area contributed by atoms with Crippen LogP contribution in [0.5, 0.6) is 0 Å². The van der Waals surface area contributed by atoms with Crippen LogP contribution in [0.15, 0.2) is 0 Å². The van der Waals surface area contributed by atoms with E-state index in [2.05, 4.69) is 21.0 Å². The Morgan fingerprint density at radius 1 is 1.14 bits per heavy atom. The minimum atomic E-state index is 0.398. The van der Waals surface area contributed by atoms with Crippen molar-refractivity contribution in [3.8, 4) is 0 Å². The van der Waals surface area contributed by atoms with Crippen LogP contribution in [0, 0.1) is 23.7 Å². The van der Waals surface area contributed by atoms with Gasteiger partial charge < -0.3 is 9.59 Å². The second-order valence-electron chi connectivity index (χ2n) is 6.13. The van der Waals surface area contributed by atoms with Crippen molar-refractivity contribution < 1.29 is 9.59 Å². The van der Waals surface area contributed by atoms with E-state index in [0.29, 0.717) is 12.5 Å². The maximum atomic E-state index is 9.45. The summed E-state index contributed by atoms with van der Waals surface area (Å²) in [4.78, 5) is 0. The lowest BCUT2D eigenvalue weighted by molar-refractivity contribution is -0.904. The van der Waals surface area contributed by atoms with Gasteiger partial charge >= 0.3 is 0 Å². The number of piperidine rings is 1. The van der Waals surface area contributed by atoms with Gasteiger partial charge in [-0.2, -0.15) is 0 Å². The summed E-state index contributed by atoms with van der Waals surface area (Å²) < 4.78 is 1.11. The largest absolute Gasteiger partial charge is 0.396 e. The van der Waals surface area contributed by atoms with Crippen LogP contribution in [0.25, 0.3) is 0 Å². The fourth-order valence-corrected chi connectivity index (χ4v) is 3.81. The zero-order valence-electron chi connectivity index (χ0n) is 9.74. The molecule has 0 bridgehead atoms. The van der Waals surface area contributed by atoms with E-state index in [1.165, 1.54) is 25.9 Å². The molecular formula is C12H24NO+. The number of aliphatic hydroxyl groups is 1. The monoisotopic (exact) mass is 198 g/mol. The van der Waals surface area contributed by atoms with Crippen molar-refractivity contribution in [3.05, 3.63) is 0 Å². The molecule has 1 heterocycles. The maximum Gasteiger partial charge on any atom is 0.0836 e. The van der Waals surface area contributed by atoms with Crippen LogP contribution in [-0.4, -0.2) is 43.4 Å². The van der Waals surface area contributed by atoms with Crippen LogP contribution in [0.3, 0.4) is 0 Å². The van der Waals surface area contributed by atoms with Crippen molar-refractivity contribution in [2.45, 2.75) is 19.8 Å². The zero-order valence-corrected chi connectivity index (χ0v) is 9.74. The van der Waals surface area contributed by atoms with E-state index in [-0.39, 0.29) is 0 Å². The molecule has 2 heteroatoms. The van der Waals surface area contributed by atoms with Gasteiger partial charge in [-0.05, 0) is 24.7 Å². The van der Waals surface area contributed by atoms with Gasteiger partial charge in [-0.25, -0.2) is 0 Å². The van der Waals surface area contributed by atoms with Gasteiger partial charge in [-0.1, -0.05) is 6.92 Å². The lowest BCUT2D eigenvalue weighted by Gasteiger charge is -2.45. The van der Waals surface area contributed by atoms with Gasteiger partial charge in [0.25, 0.3) is 0 Å². The van der Waals surface area contributed by atoms with Crippen LogP contribution in [0.2, 0.25) is 0 Å². The summed E-state index contributed by atoms with van der Waals surface area (Å²) in [6.07, 6.45) is 2.74. The highest BCUT2D eigenvalue weighted by Crippen LogP contribution is 2.45. The highest BCUT2D eigenvalue weighted by atomic mass is 16.3. The fourth-order valence-electron chi connectivity index (χ4n) is 3.81. The molecule has 0 radical (unpaired) electrons. The summed E-state index contributed by atoms with van der Waals surface area (Å²) in [5.74, 6) is 3.14. The first kappa shape index (κ1) is 10.4. The van der Waals surface area contributed by atoms with Gasteiger partial charge in [0, 0.05) is 11.8 Å². The van der Waals surface area contributed by atoms with E-state index in [1.54, 1.807) is 0 Å². The number of aliphatic hydroxyl groups excluding tert-OH is 1. The highest BCUT2D eigenvalue weighted by molar-refractivity contribution is 4.89. The maximum absolute atomic E-state index is 9.45. The molecule has 0 aromatic carbocycles. The average molecular weight is 198 g/mol. The van der Waals surface area contributed by atoms with Crippen molar-refractivity contribution in [1.29, 1.82) is 0 Å². The van der Waals surface area contributed by atoms with E-state index < -0.39 is 0 Å². The smallest absolute Gasteiger partial charge is 0.0836 e. The molecule has 0 aromatic rings. The Morgan fingerprint density at radius 2 is 1.86 bits per heavy atom. The summed E-state index contributed by atoms with van der Waals surface area (Å²) in [5.41, 5.74) is 0. The van der Waals surface area contributed by atoms with Gasteiger partial charge in [0.1, 0.15) is 0 Å². The number of rotatable bonds is 1. The molecule has 0 aromatic heterocycles. The molecule has 1 aliphatic heterocycles. The van der Waals surface area contributed by atoms with Gasteiger partial charge in [-0.15, -0.1) is 0 Å². The topological polar surface area (TPSA) is 20.2 Å². The molecule has 2 rings (SSSR count). The third-order valence-electron chi connectivity index (χ3n) is 4.51. The summed E-state index contributed by atoms with van der Waals surface area (Å²) in [6, 6.07) is 0. The highest BCUT2D eigenvalue weighted by Gasteiger charge is 2.47. The fraction of sp³-hybridized carbons (Fsp3) is 1.00. The molecule has 2 fully saturated rings. The molecule has 1 saturated carbocycles. The Labute approximate surface area is 87.5 Å². The predicted octanol–water partition coefficient (Wildman–Crippen LogP) is 1.35. The van der Waals surface area contributed by atoms with Crippen molar-refractivity contribution in [1.82, 2.24) is 0 Å². The van der Waals surface area contributed by atoms with Crippen molar-refractivity contribution in [3.63, 3.8) is 0 Å². The molecule has 1 aliphatic carbocycles. The van der Waals surface area contributed by atoms with Crippen molar-refractivity contribution in [2.75, 3.05) is 33.8 Å². The summed E-state index contributed by atoms with van der Waals surface area (Å²) >= 11 is 0. The minimum Gasteiger partial charge on any atom is -0.396 e. The third kappa shape index (κ3) is 1.70. The van der Waals surface area contributed by atoms with Gasteiger partial charge in [-0.3, -0.25) is 0 Å². The van der Waals surface area contributed by atoms with Gasteiger partial charge in [0.15, 0.2) is 0 Å². The van der Waals surface area contributed by atoms with Crippen molar-refractivity contribution in [2.24, 2.45) is 23.7 Å². The van der Waals surface area contributed by atoms with Crippen LogP contribution < -0.4 is 0 Å². The molecule has 1 saturated heterocycles. The second-order valence-corrected chi connectivity index (χ2v) is 6.13. The molecule has 2 nitrogen and oxygen atoms in total. The van der Waals surface area contributed by atoms with E-state index >= 15 is 0 Å². The first-order chi connectivity index (χ1) is 6.53. The Morgan fingerprint density at radius 3 is 2.50 bits per heavy atom. The molecule has 0 unspecified atom stereocenters. The first-order valence-electron chi connectivity index (χ1n) is 5.96. The molecular weight excluding hydrogens is 174 g/mol. The first-order valence-corrected chi connectivity index (χ1v) is 5.96. The SMILES string of the molecule is C[C@@H]1CC[C@H]2[C@@H](CO)C[N+](C)(C)C[C@H]21. The molecule has 2 aliphatic rings. The zero-order chi connectivity index (χ0) is 10.3. The lowest BCUT2D eigenvalue weighted by Crippen LogP contribution is -2.55. The van der Waals surface area contributed by atoms with Crippen LogP contribution in [-0.2, 0) is 0 Å². The number of likely N-dealkylation sites (tertiary alicyclic amines) is 1. The average Bonchev–Trinajstić information content (AvgIpc) is 2.45. The van der Waals surface area contributed by atoms with Crippen LogP contribution >= 0.6 is 0 Å². The van der Waals surface area contributed by atoms with Crippen molar-refractivity contribution >= 4 is 0 Å².